The number of anilines is 1. The second-order valence-corrected chi connectivity index (χ2v) is 7.58. The van der Waals surface area contributed by atoms with E-state index in [-0.39, 0.29) is 5.41 Å². The minimum Gasteiger partial charge on any atom is -0.399 e. The molecule has 0 aromatic heterocycles. The fourth-order valence-electron chi connectivity index (χ4n) is 2.41. The van der Waals surface area contributed by atoms with Gasteiger partial charge in [0.05, 0.1) is 4.90 Å². The summed E-state index contributed by atoms with van der Waals surface area (Å²) < 4.78 is 26.6. The largest absolute Gasteiger partial charge is 0.399 e. The van der Waals surface area contributed by atoms with Gasteiger partial charge in [-0.25, -0.2) is 8.42 Å². The first kappa shape index (κ1) is 14.3. The van der Waals surface area contributed by atoms with Crippen molar-refractivity contribution in [3.05, 3.63) is 24.3 Å². The lowest BCUT2D eigenvalue weighted by molar-refractivity contribution is 0.169. The molecule has 106 valence electrons. The van der Waals surface area contributed by atoms with Gasteiger partial charge in [-0.05, 0) is 42.5 Å². The Balaban J connectivity index is 2.16. The van der Waals surface area contributed by atoms with Crippen LogP contribution in [0.25, 0.3) is 0 Å². The lowest BCUT2D eigenvalue weighted by Gasteiger charge is -2.38. The van der Waals surface area contributed by atoms with Gasteiger partial charge in [-0.3, -0.25) is 0 Å². The maximum Gasteiger partial charge on any atom is 0.243 e. The number of piperidine rings is 1. The lowest BCUT2D eigenvalue weighted by Crippen LogP contribution is -2.41. The quantitative estimate of drug-likeness (QED) is 0.866. The number of sulfonamides is 1. The Bertz CT molecular complexity index is 529. The molecule has 0 bridgehead atoms. The summed E-state index contributed by atoms with van der Waals surface area (Å²) in [5.41, 5.74) is 6.46. The van der Waals surface area contributed by atoms with Crippen molar-refractivity contribution in [3.63, 3.8) is 0 Å². The molecule has 0 atom stereocenters. The van der Waals surface area contributed by atoms with E-state index in [0.717, 1.165) is 19.3 Å². The molecule has 2 rings (SSSR count). The Kier molecular flexibility index (Phi) is 3.87. The Morgan fingerprint density at radius 3 is 2.21 bits per heavy atom. The van der Waals surface area contributed by atoms with E-state index in [9.17, 15) is 8.42 Å². The van der Waals surface area contributed by atoms with E-state index in [0.29, 0.717) is 23.7 Å². The average molecular weight is 282 g/mol. The van der Waals surface area contributed by atoms with Gasteiger partial charge in [-0.1, -0.05) is 20.3 Å². The Morgan fingerprint density at radius 2 is 1.74 bits per heavy atom. The third-order valence-electron chi connectivity index (χ3n) is 4.30. The fraction of sp³-hybridized carbons (Fsp3) is 0.571. The van der Waals surface area contributed by atoms with Crippen LogP contribution in [0.15, 0.2) is 29.2 Å². The van der Waals surface area contributed by atoms with Gasteiger partial charge < -0.3 is 5.73 Å². The highest BCUT2D eigenvalue weighted by Crippen LogP contribution is 2.35. The minimum absolute atomic E-state index is 0.285. The molecule has 1 aromatic rings. The van der Waals surface area contributed by atoms with Gasteiger partial charge in [0.15, 0.2) is 0 Å². The van der Waals surface area contributed by atoms with Crippen LogP contribution in [-0.4, -0.2) is 25.8 Å². The molecule has 0 aliphatic carbocycles. The van der Waals surface area contributed by atoms with E-state index < -0.39 is 10.0 Å². The molecule has 1 heterocycles. The molecule has 1 aliphatic heterocycles. The van der Waals surface area contributed by atoms with Crippen LogP contribution >= 0.6 is 0 Å². The summed E-state index contributed by atoms with van der Waals surface area (Å²) in [6, 6.07) is 6.43. The Hall–Kier alpha value is -1.07. The van der Waals surface area contributed by atoms with E-state index in [2.05, 4.69) is 13.8 Å². The molecule has 1 saturated heterocycles. The number of nitrogen functional groups attached to an aromatic ring is 1. The summed E-state index contributed by atoms with van der Waals surface area (Å²) in [5.74, 6) is 0. The molecule has 2 N–H and O–H groups in total. The second kappa shape index (κ2) is 5.13. The summed E-state index contributed by atoms with van der Waals surface area (Å²) in [7, 11) is -3.36. The zero-order valence-electron chi connectivity index (χ0n) is 11.6. The standard InChI is InChI=1S/C14H22N2O2S/c1-3-14(2)8-10-16(11-9-14)19(17,18)13-6-4-12(15)5-7-13/h4-7H,3,8-11,15H2,1-2H3. The van der Waals surface area contributed by atoms with Gasteiger partial charge >= 0.3 is 0 Å². The number of benzene rings is 1. The predicted molar refractivity (Wildman–Crippen MR) is 77.2 cm³/mol. The van der Waals surface area contributed by atoms with Gasteiger partial charge in [0.25, 0.3) is 0 Å². The van der Waals surface area contributed by atoms with Crippen LogP contribution in [0.4, 0.5) is 5.69 Å². The molecule has 1 fully saturated rings. The van der Waals surface area contributed by atoms with E-state index >= 15 is 0 Å². The van der Waals surface area contributed by atoms with Crippen LogP contribution in [0.5, 0.6) is 0 Å². The fourth-order valence-corrected chi connectivity index (χ4v) is 3.85. The summed E-state index contributed by atoms with van der Waals surface area (Å²) in [6.45, 7) is 5.62. The van der Waals surface area contributed by atoms with E-state index in [1.807, 2.05) is 0 Å². The van der Waals surface area contributed by atoms with Crippen LogP contribution < -0.4 is 5.73 Å². The van der Waals surface area contributed by atoms with Crippen molar-refractivity contribution in [1.29, 1.82) is 0 Å². The van der Waals surface area contributed by atoms with Gasteiger partial charge in [0.2, 0.25) is 10.0 Å². The number of nitrogens with zero attached hydrogens (tertiary/aromatic N) is 1. The predicted octanol–water partition coefficient (Wildman–Crippen LogP) is 2.47. The van der Waals surface area contributed by atoms with Crippen LogP contribution in [-0.2, 0) is 10.0 Å². The van der Waals surface area contributed by atoms with Crippen molar-refractivity contribution < 1.29 is 8.42 Å². The highest BCUT2D eigenvalue weighted by Gasteiger charge is 2.34. The second-order valence-electron chi connectivity index (χ2n) is 5.64. The van der Waals surface area contributed by atoms with Crippen LogP contribution in [0, 0.1) is 5.41 Å². The molecule has 0 amide bonds. The van der Waals surface area contributed by atoms with Crippen LogP contribution in [0.2, 0.25) is 0 Å². The van der Waals surface area contributed by atoms with Crippen molar-refractivity contribution in [1.82, 2.24) is 4.31 Å². The number of hydrogen-bond acceptors (Lipinski definition) is 3. The molecule has 5 heteroatoms. The van der Waals surface area contributed by atoms with E-state index in [1.165, 1.54) is 0 Å². The SMILES string of the molecule is CCC1(C)CCN(S(=O)(=O)c2ccc(N)cc2)CC1. The lowest BCUT2D eigenvalue weighted by atomic mass is 9.79. The van der Waals surface area contributed by atoms with Crippen molar-refractivity contribution >= 4 is 15.7 Å². The smallest absolute Gasteiger partial charge is 0.243 e. The Labute approximate surface area is 115 Å². The molecular formula is C14H22N2O2S. The molecule has 0 saturated carbocycles. The highest BCUT2D eigenvalue weighted by atomic mass is 32.2. The normalized spacial score (nSPS) is 20.3. The highest BCUT2D eigenvalue weighted by molar-refractivity contribution is 7.89. The molecule has 4 nitrogen and oxygen atoms in total. The molecule has 0 radical (unpaired) electrons. The van der Waals surface area contributed by atoms with Crippen LogP contribution in [0.1, 0.15) is 33.1 Å². The maximum atomic E-state index is 12.5. The first-order valence-corrected chi connectivity index (χ1v) is 8.17. The molecular weight excluding hydrogens is 260 g/mol. The molecule has 1 aliphatic rings. The van der Waals surface area contributed by atoms with Crippen LogP contribution in [0.3, 0.4) is 0 Å². The average Bonchev–Trinajstić information content (AvgIpc) is 2.40. The zero-order chi connectivity index (χ0) is 14.1. The third kappa shape index (κ3) is 2.92. The van der Waals surface area contributed by atoms with Gasteiger partial charge in [-0.2, -0.15) is 4.31 Å². The number of nitrogens with two attached hydrogens (primary N) is 1. The van der Waals surface area contributed by atoms with Crippen molar-refractivity contribution in [2.75, 3.05) is 18.8 Å². The van der Waals surface area contributed by atoms with E-state index in [1.54, 1.807) is 28.6 Å². The summed E-state index contributed by atoms with van der Waals surface area (Å²) >= 11 is 0. The van der Waals surface area contributed by atoms with Gasteiger partial charge in [-0.15, -0.1) is 0 Å². The number of rotatable bonds is 3. The summed E-state index contributed by atoms with van der Waals surface area (Å²) in [4.78, 5) is 0.335. The van der Waals surface area contributed by atoms with Gasteiger partial charge in [0.1, 0.15) is 0 Å². The topological polar surface area (TPSA) is 63.4 Å². The van der Waals surface area contributed by atoms with E-state index in [4.69, 9.17) is 5.73 Å². The summed E-state index contributed by atoms with van der Waals surface area (Å²) in [6.07, 6.45) is 2.96. The van der Waals surface area contributed by atoms with Gasteiger partial charge in [0, 0.05) is 18.8 Å². The summed E-state index contributed by atoms with van der Waals surface area (Å²) in [5, 5.41) is 0. The monoisotopic (exact) mass is 282 g/mol. The first-order chi connectivity index (χ1) is 8.87. The molecule has 1 aromatic carbocycles. The maximum absolute atomic E-state index is 12.5. The number of hydrogen-bond donors (Lipinski definition) is 1. The Morgan fingerprint density at radius 1 is 1.21 bits per heavy atom. The third-order valence-corrected chi connectivity index (χ3v) is 6.21. The molecule has 0 spiro atoms. The zero-order valence-corrected chi connectivity index (χ0v) is 12.4. The molecule has 19 heavy (non-hydrogen) atoms. The van der Waals surface area contributed by atoms with Crippen molar-refractivity contribution in [3.8, 4) is 0 Å². The van der Waals surface area contributed by atoms with Crippen molar-refractivity contribution in [2.45, 2.75) is 38.0 Å². The minimum atomic E-state index is -3.36. The van der Waals surface area contributed by atoms with Crippen molar-refractivity contribution in [2.24, 2.45) is 5.41 Å². The first-order valence-electron chi connectivity index (χ1n) is 6.73. The molecule has 0 unspecified atom stereocenters.